The lowest BCUT2D eigenvalue weighted by molar-refractivity contribution is -0.135. The smallest absolute Gasteiger partial charge is 0.240 e. The molecule has 1 heterocycles. The third kappa shape index (κ3) is 4.24. The fourth-order valence-electron chi connectivity index (χ4n) is 2.27. The zero-order valence-corrected chi connectivity index (χ0v) is 12.5. The summed E-state index contributed by atoms with van der Waals surface area (Å²) in [6.45, 7) is 5.25. The normalized spacial score (nSPS) is 23.7. The number of piperidine rings is 1. The van der Waals surface area contributed by atoms with Crippen molar-refractivity contribution in [1.82, 2.24) is 10.2 Å². The molecule has 1 N–H and O–H groups in total. The van der Waals surface area contributed by atoms with E-state index in [1.165, 1.54) is 11.2 Å². The van der Waals surface area contributed by atoms with Gasteiger partial charge in [0.05, 0.1) is 11.8 Å². The Labute approximate surface area is 110 Å². The van der Waals surface area contributed by atoms with Crippen molar-refractivity contribution >= 4 is 15.7 Å². The topological polar surface area (TPSA) is 66.5 Å². The fraction of sp³-hybridized carbons (Fsp3) is 0.917. The molecule has 0 bridgehead atoms. The number of carbonyl (C=O) groups is 1. The number of nitrogens with one attached hydrogen (secondary N) is 1. The molecule has 1 atom stereocenters. The van der Waals surface area contributed by atoms with Crippen molar-refractivity contribution < 1.29 is 13.2 Å². The number of hydrogen-bond donors (Lipinski definition) is 1. The first kappa shape index (κ1) is 15.4. The summed E-state index contributed by atoms with van der Waals surface area (Å²) in [5.74, 6) is 0.00547. The van der Waals surface area contributed by atoms with Crippen LogP contribution in [0, 0.1) is 5.41 Å². The predicted molar refractivity (Wildman–Crippen MR) is 72.2 cm³/mol. The molecule has 0 radical (unpaired) electrons. The molecule has 1 saturated heterocycles. The molecule has 1 fully saturated rings. The van der Waals surface area contributed by atoms with E-state index >= 15 is 0 Å². The van der Waals surface area contributed by atoms with Crippen LogP contribution in [0.15, 0.2) is 0 Å². The third-order valence-electron chi connectivity index (χ3n) is 3.55. The zero-order valence-electron chi connectivity index (χ0n) is 11.7. The molecular formula is C12H24N2O3S. The number of likely N-dealkylation sites (N-methyl/N-ethyl adjacent to an activating group) is 1. The molecular weight excluding hydrogens is 252 g/mol. The summed E-state index contributed by atoms with van der Waals surface area (Å²) in [5.41, 5.74) is -0.0747. The second kappa shape index (κ2) is 5.57. The minimum atomic E-state index is -3.03. The molecule has 0 spiro atoms. The Morgan fingerprint density at radius 1 is 1.44 bits per heavy atom. The Kier molecular flexibility index (Phi) is 4.78. The first-order valence-corrected chi connectivity index (χ1v) is 8.36. The molecule has 0 aromatic rings. The van der Waals surface area contributed by atoms with Gasteiger partial charge in [0.25, 0.3) is 0 Å². The van der Waals surface area contributed by atoms with Gasteiger partial charge in [-0.05, 0) is 24.8 Å². The summed E-state index contributed by atoms with van der Waals surface area (Å²) in [4.78, 5) is 13.8. The highest BCUT2D eigenvalue weighted by molar-refractivity contribution is 7.90. The zero-order chi connectivity index (χ0) is 14.0. The first-order chi connectivity index (χ1) is 8.13. The molecule has 5 nitrogen and oxygen atoms in total. The second-order valence-electron chi connectivity index (χ2n) is 5.87. The molecule has 6 heteroatoms. The first-order valence-electron chi connectivity index (χ1n) is 6.29. The van der Waals surface area contributed by atoms with Crippen LogP contribution in [0.1, 0.15) is 26.7 Å². The van der Waals surface area contributed by atoms with Gasteiger partial charge in [-0.2, -0.15) is 0 Å². The van der Waals surface area contributed by atoms with Gasteiger partial charge in [-0.1, -0.05) is 13.8 Å². The van der Waals surface area contributed by atoms with Crippen LogP contribution in [-0.2, 0) is 14.6 Å². The van der Waals surface area contributed by atoms with Gasteiger partial charge >= 0.3 is 0 Å². The highest BCUT2D eigenvalue weighted by atomic mass is 32.2. The third-order valence-corrected chi connectivity index (χ3v) is 4.47. The van der Waals surface area contributed by atoms with E-state index in [0.29, 0.717) is 0 Å². The number of amides is 1. The Morgan fingerprint density at radius 2 is 2.06 bits per heavy atom. The van der Waals surface area contributed by atoms with E-state index in [2.05, 4.69) is 19.2 Å². The van der Waals surface area contributed by atoms with Crippen LogP contribution in [0.3, 0.4) is 0 Å². The maximum absolute atomic E-state index is 12.3. The van der Waals surface area contributed by atoms with Gasteiger partial charge in [-0.25, -0.2) is 8.42 Å². The van der Waals surface area contributed by atoms with Crippen LogP contribution >= 0.6 is 0 Å². The Balaban J connectivity index is 2.62. The summed E-state index contributed by atoms with van der Waals surface area (Å²) >= 11 is 0. The number of rotatable bonds is 4. The number of hydrogen-bond acceptors (Lipinski definition) is 4. The van der Waals surface area contributed by atoms with E-state index in [-0.39, 0.29) is 29.7 Å². The predicted octanol–water partition coefficient (Wildman–Crippen LogP) is 0.268. The van der Waals surface area contributed by atoms with Crippen LogP contribution < -0.4 is 5.32 Å². The summed E-state index contributed by atoms with van der Waals surface area (Å²) in [6, 6.07) is -0.212. The van der Waals surface area contributed by atoms with Crippen molar-refractivity contribution in [3.63, 3.8) is 0 Å². The quantitative estimate of drug-likeness (QED) is 0.800. The maximum Gasteiger partial charge on any atom is 0.240 e. The highest BCUT2D eigenvalue weighted by Gasteiger charge is 2.38. The van der Waals surface area contributed by atoms with E-state index in [0.717, 1.165) is 19.4 Å². The standard InChI is InChI=1S/C12H24N2O3S/c1-12(2)6-5-7-13-10(12)11(15)14(3)8-9-18(4,16)17/h10,13H,5-9H2,1-4H3. The molecule has 0 aromatic carbocycles. The van der Waals surface area contributed by atoms with Gasteiger partial charge in [-0.3, -0.25) is 4.79 Å². The Hall–Kier alpha value is -0.620. The lowest BCUT2D eigenvalue weighted by atomic mass is 9.77. The van der Waals surface area contributed by atoms with E-state index in [9.17, 15) is 13.2 Å². The molecule has 18 heavy (non-hydrogen) atoms. The number of sulfone groups is 1. The SMILES string of the molecule is CN(CCS(C)(=O)=O)C(=O)C1NCCCC1(C)C. The van der Waals surface area contributed by atoms with E-state index < -0.39 is 9.84 Å². The lowest BCUT2D eigenvalue weighted by Gasteiger charge is -2.40. The molecule has 1 aliphatic heterocycles. The number of nitrogens with zero attached hydrogens (tertiary/aromatic N) is 1. The summed E-state index contributed by atoms with van der Waals surface area (Å²) in [6.07, 6.45) is 3.27. The molecule has 0 aromatic heterocycles. The van der Waals surface area contributed by atoms with Gasteiger partial charge in [0.15, 0.2) is 0 Å². The molecule has 1 rings (SSSR count). The summed E-state index contributed by atoms with van der Waals surface area (Å²) in [7, 11) is -1.36. The van der Waals surface area contributed by atoms with Crippen LogP contribution in [-0.4, -0.2) is 57.4 Å². The maximum atomic E-state index is 12.3. The van der Waals surface area contributed by atoms with Crippen LogP contribution in [0.2, 0.25) is 0 Å². The van der Waals surface area contributed by atoms with E-state index in [1.807, 2.05) is 0 Å². The average molecular weight is 276 g/mol. The van der Waals surface area contributed by atoms with Crippen molar-refractivity contribution in [3.8, 4) is 0 Å². The van der Waals surface area contributed by atoms with Crippen molar-refractivity contribution in [2.45, 2.75) is 32.7 Å². The summed E-state index contributed by atoms with van der Waals surface area (Å²) in [5, 5.41) is 3.25. The molecule has 0 saturated carbocycles. The van der Waals surface area contributed by atoms with Crippen molar-refractivity contribution in [2.24, 2.45) is 5.41 Å². The summed E-state index contributed by atoms with van der Waals surface area (Å²) < 4.78 is 22.2. The minimum absolute atomic E-state index is 0.0108. The van der Waals surface area contributed by atoms with Crippen LogP contribution in [0.4, 0.5) is 0 Å². The van der Waals surface area contributed by atoms with Gasteiger partial charge < -0.3 is 10.2 Å². The Bertz CT molecular complexity index is 404. The fourth-order valence-corrected chi connectivity index (χ4v) is 2.87. The number of carbonyl (C=O) groups excluding carboxylic acids is 1. The molecule has 1 aliphatic rings. The van der Waals surface area contributed by atoms with Gasteiger partial charge in [0.1, 0.15) is 9.84 Å². The van der Waals surface area contributed by atoms with E-state index in [4.69, 9.17) is 0 Å². The second-order valence-corrected chi connectivity index (χ2v) is 8.13. The van der Waals surface area contributed by atoms with Crippen LogP contribution in [0.5, 0.6) is 0 Å². The molecule has 1 unspecified atom stereocenters. The minimum Gasteiger partial charge on any atom is -0.343 e. The van der Waals surface area contributed by atoms with Gasteiger partial charge in [-0.15, -0.1) is 0 Å². The monoisotopic (exact) mass is 276 g/mol. The van der Waals surface area contributed by atoms with Crippen LogP contribution in [0.25, 0.3) is 0 Å². The molecule has 0 aliphatic carbocycles. The van der Waals surface area contributed by atoms with Gasteiger partial charge in [0, 0.05) is 19.8 Å². The van der Waals surface area contributed by atoms with Crippen molar-refractivity contribution in [2.75, 3.05) is 32.1 Å². The molecule has 1 amide bonds. The highest BCUT2D eigenvalue weighted by Crippen LogP contribution is 2.30. The van der Waals surface area contributed by atoms with Crippen molar-refractivity contribution in [3.05, 3.63) is 0 Å². The average Bonchev–Trinajstić information content (AvgIpc) is 2.23. The molecule has 106 valence electrons. The van der Waals surface area contributed by atoms with Crippen molar-refractivity contribution in [1.29, 1.82) is 0 Å². The van der Waals surface area contributed by atoms with Gasteiger partial charge in [0.2, 0.25) is 5.91 Å². The largest absolute Gasteiger partial charge is 0.343 e. The lowest BCUT2D eigenvalue weighted by Crippen LogP contribution is -2.56. The van der Waals surface area contributed by atoms with E-state index in [1.54, 1.807) is 7.05 Å². The Morgan fingerprint density at radius 3 is 2.56 bits per heavy atom.